The normalized spacial score (nSPS) is 20.9. The summed E-state index contributed by atoms with van der Waals surface area (Å²) in [5, 5.41) is 11.7. The molecule has 4 nitrogen and oxygen atoms in total. The zero-order valence-electron chi connectivity index (χ0n) is 11.6. The van der Waals surface area contributed by atoms with E-state index in [1.54, 1.807) is 6.08 Å². The zero-order valence-corrected chi connectivity index (χ0v) is 11.6. The van der Waals surface area contributed by atoms with Crippen molar-refractivity contribution in [1.29, 1.82) is 0 Å². The third-order valence-electron chi connectivity index (χ3n) is 3.28. The van der Waals surface area contributed by atoms with Crippen LogP contribution in [0.25, 0.3) is 0 Å². The Morgan fingerprint density at radius 3 is 2.77 bits per heavy atom. The lowest BCUT2D eigenvalue weighted by atomic mass is 10.1. The molecule has 0 radical (unpaired) electrons. The number of halogens is 3. The quantitative estimate of drug-likeness (QED) is 0.819. The fourth-order valence-electron chi connectivity index (χ4n) is 2.18. The molecule has 1 aromatic rings. The Labute approximate surface area is 125 Å². The number of alkyl halides is 3. The molecule has 2 atom stereocenters. The van der Waals surface area contributed by atoms with Crippen molar-refractivity contribution >= 4 is 5.91 Å². The number of carbonyl (C=O) groups is 1. The van der Waals surface area contributed by atoms with Gasteiger partial charge in [-0.25, -0.2) is 0 Å². The summed E-state index contributed by atoms with van der Waals surface area (Å²) in [6, 6.07) is 4.19. The Kier molecular flexibility index (Phi) is 5.07. The molecular weight excluding hydrogens is 299 g/mol. The summed E-state index contributed by atoms with van der Waals surface area (Å²) in [7, 11) is 0. The molecule has 1 aromatic carbocycles. The van der Waals surface area contributed by atoms with Crippen molar-refractivity contribution in [2.75, 3.05) is 13.2 Å². The molecule has 0 aliphatic heterocycles. The number of benzene rings is 1. The highest BCUT2D eigenvalue weighted by Crippen LogP contribution is 2.31. The van der Waals surface area contributed by atoms with Gasteiger partial charge in [0.1, 0.15) is 5.75 Å². The number of ether oxygens (including phenoxy) is 1. The summed E-state index contributed by atoms with van der Waals surface area (Å²) in [5.41, 5.74) is -0.824. The molecule has 0 saturated heterocycles. The first kappa shape index (κ1) is 16.4. The third kappa shape index (κ3) is 4.49. The fraction of sp³-hybridized carbons (Fsp3) is 0.400. The standard InChI is InChI=1S/C15H16F3NO3/c16-15(17,18)11-2-1-3-13(7-11)22-9-14(21)19-12-5-4-10(6-12)8-20/h1-5,7,10,12,20H,6,8-9H2,(H,19,21)/t10-,12+/m0/s1. The summed E-state index contributed by atoms with van der Waals surface area (Å²) in [6.45, 7) is -0.348. The SMILES string of the molecule is O=C(COc1cccc(C(F)(F)F)c1)N[C@@H]1C=C[C@H](CO)C1. The second kappa shape index (κ2) is 6.83. The molecule has 1 amide bonds. The van der Waals surface area contributed by atoms with Crippen LogP contribution in [0.2, 0.25) is 0 Å². The van der Waals surface area contributed by atoms with Gasteiger partial charge in [0.05, 0.1) is 5.56 Å². The van der Waals surface area contributed by atoms with Crippen LogP contribution in [-0.2, 0) is 11.0 Å². The molecule has 0 unspecified atom stereocenters. The number of aliphatic hydroxyl groups is 1. The van der Waals surface area contributed by atoms with E-state index in [1.165, 1.54) is 12.1 Å². The molecule has 0 spiro atoms. The first-order valence-corrected chi connectivity index (χ1v) is 6.77. The predicted molar refractivity (Wildman–Crippen MR) is 73.2 cm³/mol. The third-order valence-corrected chi connectivity index (χ3v) is 3.28. The molecule has 0 bridgehead atoms. The highest BCUT2D eigenvalue weighted by Gasteiger charge is 2.30. The van der Waals surface area contributed by atoms with Crippen LogP contribution in [0.3, 0.4) is 0 Å². The topological polar surface area (TPSA) is 58.6 Å². The molecule has 7 heteroatoms. The predicted octanol–water partition coefficient (Wildman–Crippen LogP) is 2.14. The average Bonchev–Trinajstić information content (AvgIpc) is 2.92. The van der Waals surface area contributed by atoms with Crippen molar-refractivity contribution in [3.8, 4) is 5.75 Å². The van der Waals surface area contributed by atoms with Crippen molar-refractivity contribution in [2.24, 2.45) is 5.92 Å². The van der Waals surface area contributed by atoms with Gasteiger partial charge in [-0.3, -0.25) is 4.79 Å². The summed E-state index contributed by atoms with van der Waals surface area (Å²) >= 11 is 0. The number of amides is 1. The highest BCUT2D eigenvalue weighted by molar-refractivity contribution is 5.78. The number of carbonyl (C=O) groups excluding carboxylic acids is 1. The summed E-state index contributed by atoms with van der Waals surface area (Å²) in [5.74, 6) is -0.416. The van der Waals surface area contributed by atoms with Crippen molar-refractivity contribution in [1.82, 2.24) is 5.32 Å². The van der Waals surface area contributed by atoms with Crippen LogP contribution < -0.4 is 10.1 Å². The van der Waals surface area contributed by atoms with E-state index in [-0.39, 0.29) is 30.9 Å². The molecule has 2 rings (SSSR count). The number of aliphatic hydroxyl groups excluding tert-OH is 1. The largest absolute Gasteiger partial charge is 0.484 e. The first-order valence-electron chi connectivity index (χ1n) is 6.77. The minimum atomic E-state index is -4.45. The van der Waals surface area contributed by atoms with E-state index in [0.29, 0.717) is 6.42 Å². The Hall–Kier alpha value is -2.02. The van der Waals surface area contributed by atoms with E-state index >= 15 is 0 Å². The van der Waals surface area contributed by atoms with Crippen molar-refractivity contribution in [2.45, 2.75) is 18.6 Å². The smallest absolute Gasteiger partial charge is 0.416 e. The monoisotopic (exact) mass is 315 g/mol. The number of hydrogen-bond donors (Lipinski definition) is 2. The molecule has 22 heavy (non-hydrogen) atoms. The van der Waals surface area contributed by atoms with Gasteiger partial charge >= 0.3 is 6.18 Å². The minimum Gasteiger partial charge on any atom is -0.484 e. The van der Waals surface area contributed by atoms with Crippen LogP contribution in [0, 0.1) is 5.92 Å². The van der Waals surface area contributed by atoms with Crippen LogP contribution in [-0.4, -0.2) is 30.3 Å². The van der Waals surface area contributed by atoms with Crippen LogP contribution >= 0.6 is 0 Å². The maximum atomic E-state index is 12.5. The minimum absolute atomic E-state index is 0.0137. The maximum absolute atomic E-state index is 12.5. The van der Waals surface area contributed by atoms with Crippen molar-refractivity contribution in [3.05, 3.63) is 42.0 Å². The Balaban J connectivity index is 1.83. The van der Waals surface area contributed by atoms with Gasteiger partial charge in [-0.1, -0.05) is 18.2 Å². The van der Waals surface area contributed by atoms with Crippen molar-refractivity contribution in [3.63, 3.8) is 0 Å². The average molecular weight is 315 g/mol. The van der Waals surface area contributed by atoms with Gasteiger partial charge in [-0.05, 0) is 24.6 Å². The van der Waals surface area contributed by atoms with Gasteiger partial charge in [0, 0.05) is 18.6 Å². The highest BCUT2D eigenvalue weighted by atomic mass is 19.4. The summed E-state index contributed by atoms with van der Waals surface area (Å²) in [6.07, 6.45) is -0.247. The summed E-state index contributed by atoms with van der Waals surface area (Å²) < 4.78 is 42.7. The molecule has 0 aromatic heterocycles. The number of rotatable bonds is 5. The Morgan fingerprint density at radius 1 is 1.36 bits per heavy atom. The van der Waals surface area contributed by atoms with E-state index in [9.17, 15) is 18.0 Å². The van der Waals surface area contributed by atoms with E-state index in [4.69, 9.17) is 9.84 Å². The van der Waals surface area contributed by atoms with E-state index in [2.05, 4.69) is 5.32 Å². The molecule has 2 N–H and O–H groups in total. The van der Waals surface area contributed by atoms with Gasteiger partial charge in [0.25, 0.3) is 5.91 Å². The van der Waals surface area contributed by atoms with E-state index in [0.717, 1.165) is 12.1 Å². The van der Waals surface area contributed by atoms with Crippen molar-refractivity contribution < 1.29 is 27.8 Å². The summed E-state index contributed by atoms with van der Waals surface area (Å²) in [4.78, 5) is 11.7. The molecular formula is C15H16F3NO3. The molecule has 1 aliphatic rings. The zero-order chi connectivity index (χ0) is 16.2. The maximum Gasteiger partial charge on any atom is 0.416 e. The molecule has 0 saturated carbocycles. The lowest BCUT2D eigenvalue weighted by Gasteiger charge is -2.14. The first-order chi connectivity index (χ1) is 10.4. The second-order valence-electron chi connectivity index (χ2n) is 5.05. The molecule has 1 aliphatic carbocycles. The van der Waals surface area contributed by atoms with Gasteiger partial charge < -0.3 is 15.2 Å². The molecule has 120 valence electrons. The number of hydrogen-bond acceptors (Lipinski definition) is 3. The van der Waals surface area contributed by atoms with Crippen LogP contribution in [0.15, 0.2) is 36.4 Å². The van der Waals surface area contributed by atoms with E-state index < -0.39 is 17.6 Å². The van der Waals surface area contributed by atoms with Crippen LogP contribution in [0.4, 0.5) is 13.2 Å². The second-order valence-corrected chi connectivity index (χ2v) is 5.05. The van der Waals surface area contributed by atoms with Crippen LogP contribution in [0.1, 0.15) is 12.0 Å². The van der Waals surface area contributed by atoms with Crippen LogP contribution in [0.5, 0.6) is 5.75 Å². The number of nitrogens with one attached hydrogen (secondary N) is 1. The lowest BCUT2D eigenvalue weighted by molar-refractivity contribution is -0.137. The Bertz CT molecular complexity index is 557. The Morgan fingerprint density at radius 2 is 2.14 bits per heavy atom. The van der Waals surface area contributed by atoms with Gasteiger partial charge in [-0.2, -0.15) is 13.2 Å². The lowest BCUT2D eigenvalue weighted by Crippen LogP contribution is -2.36. The van der Waals surface area contributed by atoms with Gasteiger partial charge in [0.15, 0.2) is 6.61 Å². The van der Waals surface area contributed by atoms with Gasteiger partial charge in [-0.15, -0.1) is 0 Å². The molecule has 0 heterocycles. The van der Waals surface area contributed by atoms with Gasteiger partial charge in [0.2, 0.25) is 0 Å². The molecule has 0 fully saturated rings. The van der Waals surface area contributed by atoms with E-state index in [1.807, 2.05) is 6.08 Å². The fourth-order valence-corrected chi connectivity index (χ4v) is 2.18.